The van der Waals surface area contributed by atoms with Crippen molar-refractivity contribution >= 4 is 11.6 Å². The Balaban J connectivity index is 1.98. The van der Waals surface area contributed by atoms with Crippen molar-refractivity contribution in [1.29, 1.82) is 0 Å². The Morgan fingerprint density at radius 3 is 3.05 bits per heavy atom. The van der Waals surface area contributed by atoms with Crippen molar-refractivity contribution < 1.29 is 4.74 Å². The Morgan fingerprint density at radius 2 is 2.29 bits per heavy atom. The van der Waals surface area contributed by atoms with Crippen LogP contribution in [-0.2, 0) is 12.8 Å². The zero-order chi connectivity index (χ0) is 14.8. The van der Waals surface area contributed by atoms with E-state index in [1.807, 2.05) is 18.3 Å². The lowest BCUT2D eigenvalue weighted by Crippen LogP contribution is -2.23. The number of ether oxygens (including phenoxy) is 1. The van der Waals surface area contributed by atoms with Crippen LogP contribution in [0.1, 0.15) is 17.7 Å². The highest BCUT2D eigenvalue weighted by atomic mass is 35.5. The second-order valence-electron chi connectivity index (χ2n) is 5.35. The molecule has 0 fully saturated rings. The van der Waals surface area contributed by atoms with Gasteiger partial charge in [0.25, 0.3) is 0 Å². The van der Waals surface area contributed by atoms with Crippen LogP contribution >= 0.6 is 11.6 Å². The van der Waals surface area contributed by atoms with Crippen LogP contribution in [0.25, 0.3) is 11.4 Å². The van der Waals surface area contributed by atoms with Gasteiger partial charge >= 0.3 is 0 Å². The molecule has 4 nitrogen and oxygen atoms in total. The van der Waals surface area contributed by atoms with Gasteiger partial charge in [-0.3, -0.25) is 0 Å². The van der Waals surface area contributed by atoms with E-state index >= 15 is 0 Å². The molecule has 1 aliphatic carbocycles. The van der Waals surface area contributed by atoms with E-state index < -0.39 is 0 Å². The smallest absolute Gasteiger partial charge is 0.163 e. The predicted molar refractivity (Wildman–Crippen MR) is 83.6 cm³/mol. The van der Waals surface area contributed by atoms with Gasteiger partial charge in [-0.15, -0.1) is 0 Å². The van der Waals surface area contributed by atoms with Crippen LogP contribution in [0.3, 0.4) is 0 Å². The minimum Gasteiger partial charge on any atom is -0.496 e. The van der Waals surface area contributed by atoms with E-state index in [4.69, 9.17) is 27.1 Å². The molecule has 21 heavy (non-hydrogen) atoms. The summed E-state index contributed by atoms with van der Waals surface area (Å²) in [7, 11) is 1.62. The van der Waals surface area contributed by atoms with Crippen molar-refractivity contribution in [2.24, 2.45) is 11.7 Å². The molecule has 0 saturated carbocycles. The number of fused-ring (bicyclic) bond motifs is 1. The lowest BCUT2D eigenvalue weighted by atomic mass is 9.87. The van der Waals surface area contributed by atoms with E-state index in [0.29, 0.717) is 22.5 Å². The fourth-order valence-electron chi connectivity index (χ4n) is 2.76. The highest BCUT2D eigenvalue weighted by Crippen LogP contribution is 2.32. The monoisotopic (exact) mass is 303 g/mol. The SMILES string of the molecule is COc1cc(Cl)ccc1-c1ncc2c(n1)CCC(CN)C2. The zero-order valence-corrected chi connectivity index (χ0v) is 12.7. The molecule has 0 saturated heterocycles. The minimum absolute atomic E-state index is 0.553. The highest BCUT2D eigenvalue weighted by Gasteiger charge is 2.20. The number of methoxy groups -OCH3 is 1. The Hall–Kier alpha value is -1.65. The maximum Gasteiger partial charge on any atom is 0.163 e. The third-order valence-corrected chi connectivity index (χ3v) is 4.23. The predicted octanol–water partition coefficient (Wildman–Crippen LogP) is 2.87. The molecule has 2 N–H and O–H groups in total. The summed E-state index contributed by atoms with van der Waals surface area (Å²) >= 11 is 6.00. The topological polar surface area (TPSA) is 61.0 Å². The van der Waals surface area contributed by atoms with E-state index in [-0.39, 0.29) is 0 Å². The molecule has 1 aliphatic rings. The number of aryl methyl sites for hydroxylation is 1. The van der Waals surface area contributed by atoms with E-state index in [2.05, 4.69) is 4.98 Å². The van der Waals surface area contributed by atoms with Crippen molar-refractivity contribution in [3.8, 4) is 17.1 Å². The van der Waals surface area contributed by atoms with Crippen LogP contribution < -0.4 is 10.5 Å². The summed E-state index contributed by atoms with van der Waals surface area (Å²) in [5.41, 5.74) is 8.97. The Morgan fingerprint density at radius 1 is 1.43 bits per heavy atom. The van der Waals surface area contributed by atoms with Gasteiger partial charge in [0.15, 0.2) is 5.82 Å². The molecule has 1 heterocycles. The highest BCUT2D eigenvalue weighted by molar-refractivity contribution is 6.30. The summed E-state index contributed by atoms with van der Waals surface area (Å²) in [6, 6.07) is 5.51. The van der Waals surface area contributed by atoms with Crippen LogP contribution in [0.15, 0.2) is 24.4 Å². The third kappa shape index (κ3) is 2.87. The summed E-state index contributed by atoms with van der Waals surface area (Å²) in [6.07, 6.45) is 4.96. The number of aromatic nitrogens is 2. The summed E-state index contributed by atoms with van der Waals surface area (Å²) in [6.45, 7) is 0.728. The molecule has 1 unspecified atom stereocenters. The van der Waals surface area contributed by atoms with Gasteiger partial charge in [-0.1, -0.05) is 11.6 Å². The van der Waals surface area contributed by atoms with Crippen LogP contribution in [0, 0.1) is 5.92 Å². The van der Waals surface area contributed by atoms with E-state index in [1.165, 1.54) is 5.56 Å². The first kappa shape index (κ1) is 14.3. The Labute approximate surface area is 129 Å². The first-order valence-corrected chi connectivity index (χ1v) is 7.48. The minimum atomic E-state index is 0.553. The summed E-state index contributed by atoms with van der Waals surface area (Å²) in [5, 5.41) is 0.638. The van der Waals surface area contributed by atoms with Crippen LogP contribution in [0.4, 0.5) is 0 Å². The molecule has 3 rings (SSSR count). The average Bonchev–Trinajstić information content (AvgIpc) is 2.53. The fraction of sp³-hybridized carbons (Fsp3) is 0.375. The molecule has 1 aromatic carbocycles. The normalized spacial score (nSPS) is 17.4. The number of hydrogen-bond donors (Lipinski definition) is 1. The maximum absolute atomic E-state index is 6.00. The molecule has 0 radical (unpaired) electrons. The average molecular weight is 304 g/mol. The second kappa shape index (κ2) is 6.00. The van der Waals surface area contributed by atoms with Crippen molar-refractivity contribution in [1.82, 2.24) is 9.97 Å². The number of benzene rings is 1. The first-order chi connectivity index (χ1) is 10.2. The van der Waals surface area contributed by atoms with Gasteiger partial charge in [0, 0.05) is 16.9 Å². The van der Waals surface area contributed by atoms with Gasteiger partial charge < -0.3 is 10.5 Å². The summed E-state index contributed by atoms with van der Waals surface area (Å²) in [5.74, 6) is 1.93. The molecular formula is C16H18ClN3O. The van der Waals surface area contributed by atoms with Crippen molar-refractivity contribution in [3.05, 3.63) is 40.7 Å². The Bertz CT molecular complexity index is 660. The van der Waals surface area contributed by atoms with Crippen LogP contribution in [-0.4, -0.2) is 23.6 Å². The van der Waals surface area contributed by atoms with Gasteiger partial charge in [0.05, 0.1) is 12.7 Å². The van der Waals surface area contributed by atoms with Crippen LogP contribution in [0.5, 0.6) is 5.75 Å². The Kier molecular flexibility index (Phi) is 4.08. The molecule has 110 valence electrons. The van der Waals surface area contributed by atoms with Gasteiger partial charge in [-0.25, -0.2) is 9.97 Å². The van der Waals surface area contributed by atoms with Gasteiger partial charge in [0.2, 0.25) is 0 Å². The lowest BCUT2D eigenvalue weighted by Gasteiger charge is -2.22. The maximum atomic E-state index is 6.00. The molecule has 0 spiro atoms. The van der Waals surface area contributed by atoms with Gasteiger partial charge in [0.1, 0.15) is 5.75 Å². The van der Waals surface area contributed by atoms with Gasteiger partial charge in [-0.2, -0.15) is 0 Å². The fourth-order valence-corrected chi connectivity index (χ4v) is 2.93. The molecule has 1 aromatic heterocycles. The number of nitrogens with zero attached hydrogens (tertiary/aromatic N) is 2. The van der Waals surface area contributed by atoms with E-state index in [9.17, 15) is 0 Å². The lowest BCUT2D eigenvalue weighted by molar-refractivity contribution is 0.416. The number of hydrogen-bond acceptors (Lipinski definition) is 4. The van der Waals surface area contributed by atoms with E-state index in [1.54, 1.807) is 13.2 Å². The standard InChI is InChI=1S/C16H18ClN3O/c1-21-15-7-12(17)3-4-13(15)16-19-9-11-6-10(8-18)2-5-14(11)20-16/h3-4,7,9-10H,2,5-6,8,18H2,1H3. The molecule has 2 aromatic rings. The van der Waals surface area contributed by atoms with Crippen molar-refractivity contribution in [2.45, 2.75) is 19.3 Å². The molecule has 5 heteroatoms. The number of rotatable bonds is 3. The number of nitrogens with two attached hydrogens (primary N) is 1. The summed E-state index contributed by atoms with van der Waals surface area (Å²) < 4.78 is 5.38. The third-order valence-electron chi connectivity index (χ3n) is 3.99. The second-order valence-corrected chi connectivity index (χ2v) is 5.79. The molecule has 0 amide bonds. The van der Waals surface area contributed by atoms with Crippen molar-refractivity contribution in [2.75, 3.05) is 13.7 Å². The molecule has 0 bridgehead atoms. The van der Waals surface area contributed by atoms with E-state index in [0.717, 1.165) is 37.1 Å². The number of halogens is 1. The van der Waals surface area contributed by atoms with Gasteiger partial charge in [-0.05, 0) is 55.5 Å². The largest absolute Gasteiger partial charge is 0.496 e. The molecule has 1 atom stereocenters. The quantitative estimate of drug-likeness (QED) is 0.947. The first-order valence-electron chi connectivity index (χ1n) is 7.10. The molecule has 0 aliphatic heterocycles. The summed E-state index contributed by atoms with van der Waals surface area (Å²) in [4.78, 5) is 9.21. The van der Waals surface area contributed by atoms with Crippen molar-refractivity contribution in [3.63, 3.8) is 0 Å². The van der Waals surface area contributed by atoms with Crippen LogP contribution in [0.2, 0.25) is 5.02 Å². The molecular weight excluding hydrogens is 286 g/mol. The zero-order valence-electron chi connectivity index (χ0n) is 12.0.